The molecule has 4 nitrogen and oxygen atoms in total. The molecule has 0 radical (unpaired) electrons. The number of rotatable bonds is 3. The summed E-state index contributed by atoms with van der Waals surface area (Å²) in [7, 11) is 0. The van der Waals surface area contributed by atoms with Crippen LogP contribution in [-0.2, 0) is 16.0 Å². The Kier molecular flexibility index (Phi) is 4.82. The van der Waals surface area contributed by atoms with E-state index in [1.54, 1.807) is 43.0 Å². The topological polar surface area (TPSA) is 49.4 Å². The van der Waals surface area contributed by atoms with Gasteiger partial charge in [-0.15, -0.1) is 0 Å². The van der Waals surface area contributed by atoms with E-state index in [-0.39, 0.29) is 11.8 Å². The zero-order valence-electron chi connectivity index (χ0n) is 14.4. The van der Waals surface area contributed by atoms with Gasteiger partial charge >= 0.3 is 0 Å². The number of nitrogens with zero attached hydrogens (tertiary/aromatic N) is 1. The first-order chi connectivity index (χ1) is 11.9. The highest BCUT2D eigenvalue weighted by Crippen LogP contribution is 2.31. The SMILES string of the molecule is CC(C)(C(=O)Nc1ccc(Cl)cc1)C(=O)N1CCCc2ccccc21. The summed E-state index contributed by atoms with van der Waals surface area (Å²) in [4.78, 5) is 27.6. The van der Waals surface area contributed by atoms with E-state index in [0.29, 0.717) is 17.3 Å². The van der Waals surface area contributed by atoms with E-state index in [4.69, 9.17) is 11.6 Å². The molecule has 3 rings (SSSR count). The molecule has 0 fully saturated rings. The smallest absolute Gasteiger partial charge is 0.242 e. The number of halogens is 1. The number of amides is 2. The Labute approximate surface area is 152 Å². The molecule has 2 aromatic rings. The van der Waals surface area contributed by atoms with Gasteiger partial charge in [-0.25, -0.2) is 0 Å². The average molecular weight is 357 g/mol. The Morgan fingerprint density at radius 2 is 1.76 bits per heavy atom. The first-order valence-electron chi connectivity index (χ1n) is 8.36. The highest BCUT2D eigenvalue weighted by molar-refractivity contribution is 6.30. The Bertz CT molecular complexity index is 800. The molecular formula is C20H21ClN2O2. The van der Waals surface area contributed by atoms with E-state index in [9.17, 15) is 9.59 Å². The van der Waals surface area contributed by atoms with Gasteiger partial charge in [0, 0.05) is 22.9 Å². The Morgan fingerprint density at radius 1 is 1.08 bits per heavy atom. The molecule has 1 N–H and O–H groups in total. The van der Waals surface area contributed by atoms with Crippen LogP contribution in [0.25, 0.3) is 0 Å². The van der Waals surface area contributed by atoms with Gasteiger partial charge in [0.1, 0.15) is 5.41 Å². The summed E-state index contributed by atoms with van der Waals surface area (Å²) < 4.78 is 0. The van der Waals surface area contributed by atoms with Crippen LogP contribution in [0.3, 0.4) is 0 Å². The van der Waals surface area contributed by atoms with Gasteiger partial charge in [-0.3, -0.25) is 9.59 Å². The van der Waals surface area contributed by atoms with E-state index in [1.165, 1.54) is 0 Å². The van der Waals surface area contributed by atoms with Crippen molar-refractivity contribution in [1.82, 2.24) is 0 Å². The first kappa shape index (κ1) is 17.5. The van der Waals surface area contributed by atoms with Crippen molar-refractivity contribution in [3.8, 4) is 0 Å². The number of benzene rings is 2. The summed E-state index contributed by atoms with van der Waals surface area (Å²) in [6, 6.07) is 14.7. The number of carbonyl (C=O) groups is 2. The van der Waals surface area contributed by atoms with Gasteiger partial charge in [-0.05, 0) is 62.6 Å². The van der Waals surface area contributed by atoms with Crippen molar-refractivity contribution < 1.29 is 9.59 Å². The maximum atomic E-state index is 13.1. The normalized spacial score (nSPS) is 14.0. The van der Waals surface area contributed by atoms with Crippen molar-refractivity contribution >= 4 is 34.8 Å². The lowest BCUT2D eigenvalue weighted by Gasteiger charge is -2.35. The number of nitrogens with one attached hydrogen (secondary N) is 1. The second-order valence-electron chi connectivity index (χ2n) is 6.78. The van der Waals surface area contributed by atoms with E-state index in [2.05, 4.69) is 5.32 Å². The summed E-state index contributed by atoms with van der Waals surface area (Å²) in [6.45, 7) is 3.96. The molecule has 25 heavy (non-hydrogen) atoms. The minimum Gasteiger partial charge on any atom is -0.325 e. The summed E-state index contributed by atoms with van der Waals surface area (Å²) in [5.74, 6) is -0.519. The number of fused-ring (bicyclic) bond motifs is 1. The summed E-state index contributed by atoms with van der Waals surface area (Å²) >= 11 is 5.86. The fourth-order valence-electron chi connectivity index (χ4n) is 3.00. The summed E-state index contributed by atoms with van der Waals surface area (Å²) in [5.41, 5.74) is 1.50. The van der Waals surface area contributed by atoms with Crippen molar-refractivity contribution in [2.75, 3.05) is 16.8 Å². The third kappa shape index (κ3) is 3.54. The van der Waals surface area contributed by atoms with E-state index in [0.717, 1.165) is 24.1 Å². The second-order valence-corrected chi connectivity index (χ2v) is 7.21. The van der Waals surface area contributed by atoms with Crippen molar-refractivity contribution in [2.45, 2.75) is 26.7 Å². The molecule has 0 saturated carbocycles. The van der Waals surface area contributed by atoms with Crippen molar-refractivity contribution in [2.24, 2.45) is 5.41 Å². The van der Waals surface area contributed by atoms with Crippen molar-refractivity contribution in [3.63, 3.8) is 0 Å². The summed E-state index contributed by atoms with van der Waals surface area (Å²) in [6.07, 6.45) is 1.86. The first-order valence-corrected chi connectivity index (χ1v) is 8.74. The highest BCUT2D eigenvalue weighted by atomic mass is 35.5. The zero-order chi connectivity index (χ0) is 18.0. The predicted octanol–water partition coefficient (Wildman–Crippen LogP) is 4.28. The fourth-order valence-corrected chi connectivity index (χ4v) is 3.13. The fraction of sp³-hybridized carbons (Fsp3) is 0.300. The van der Waals surface area contributed by atoms with Crippen LogP contribution in [0.4, 0.5) is 11.4 Å². The summed E-state index contributed by atoms with van der Waals surface area (Å²) in [5, 5.41) is 3.40. The van der Waals surface area contributed by atoms with E-state index < -0.39 is 5.41 Å². The molecule has 2 aromatic carbocycles. The maximum absolute atomic E-state index is 13.1. The van der Waals surface area contributed by atoms with E-state index >= 15 is 0 Å². The number of para-hydroxylation sites is 1. The molecule has 0 saturated heterocycles. The largest absolute Gasteiger partial charge is 0.325 e. The third-order valence-corrected chi connectivity index (χ3v) is 4.81. The van der Waals surface area contributed by atoms with Gasteiger partial charge in [0.25, 0.3) is 0 Å². The second kappa shape index (κ2) is 6.89. The van der Waals surface area contributed by atoms with Crippen LogP contribution in [0.1, 0.15) is 25.8 Å². The van der Waals surface area contributed by atoms with Crippen LogP contribution in [0.5, 0.6) is 0 Å². The molecule has 1 aliphatic heterocycles. The minimum atomic E-state index is -1.18. The van der Waals surface area contributed by atoms with Gasteiger partial charge < -0.3 is 10.2 Å². The number of hydrogen-bond acceptors (Lipinski definition) is 2. The van der Waals surface area contributed by atoms with Crippen LogP contribution >= 0.6 is 11.6 Å². The molecule has 0 spiro atoms. The lowest BCUT2D eigenvalue weighted by atomic mass is 9.88. The van der Waals surface area contributed by atoms with Crippen LogP contribution < -0.4 is 10.2 Å². The van der Waals surface area contributed by atoms with Crippen LogP contribution in [-0.4, -0.2) is 18.4 Å². The molecular weight excluding hydrogens is 336 g/mol. The van der Waals surface area contributed by atoms with Crippen molar-refractivity contribution in [1.29, 1.82) is 0 Å². The number of aryl methyl sites for hydroxylation is 1. The molecule has 1 heterocycles. The molecule has 0 aromatic heterocycles. The van der Waals surface area contributed by atoms with Gasteiger partial charge in [-0.1, -0.05) is 29.8 Å². The van der Waals surface area contributed by atoms with Gasteiger partial charge in [0.05, 0.1) is 0 Å². The molecule has 5 heteroatoms. The standard InChI is InChI=1S/C20H21ClN2O2/c1-20(2,18(24)22-16-11-9-15(21)10-12-16)19(25)23-13-5-7-14-6-3-4-8-17(14)23/h3-4,6,8-12H,5,7,13H2,1-2H3,(H,22,24). The molecule has 0 unspecified atom stereocenters. The molecule has 0 aliphatic carbocycles. The van der Waals surface area contributed by atoms with Gasteiger partial charge in [-0.2, -0.15) is 0 Å². The molecule has 0 bridgehead atoms. The van der Waals surface area contributed by atoms with Crippen LogP contribution in [0, 0.1) is 5.41 Å². The molecule has 130 valence electrons. The highest BCUT2D eigenvalue weighted by Gasteiger charge is 2.40. The quantitative estimate of drug-likeness (QED) is 0.834. The molecule has 2 amide bonds. The lowest BCUT2D eigenvalue weighted by Crippen LogP contribution is -2.49. The zero-order valence-corrected chi connectivity index (χ0v) is 15.1. The molecule has 1 aliphatic rings. The van der Waals surface area contributed by atoms with Crippen LogP contribution in [0.15, 0.2) is 48.5 Å². The maximum Gasteiger partial charge on any atom is 0.242 e. The van der Waals surface area contributed by atoms with Crippen molar-refractivity contribution in [3.05, 3.63) is 59.1 Å². The predicted molar refractivity (Wildman–Crippen MR) is 101 cm³/mol. The van der Waals surface area contributed by atoms with E-state index in [1.807, 2.05) is 24.3 Å². The average Bonchev–Trinajstić information content (AvgIpc) is 2.62. The van der Waals surface area contributed by atoms with Gasteiger partial charge in [0.2, 0.25) is 11.8 Å². The van der Waals surface area contributed by atoms with Gasteiger partial charge in [0.15, 0.2) is 0 Å². The third-order valence-electron chi connectivity index (χ3n) is 4.56. The lowest BCUT2D eigenvalue weighted by molar-refractivity contribution is -0.136. The Balaban J connectivity index is 1.81. The number of anilines is 2. The Hall–Kier alpha value is -2.33. The Morgan fingerprint density at radius 3 is 2.48 bits per heavy atom. The molecule has 0 atom stereocenters. The monoisotopic (exact) mass is 356 g/mol. The number of hydrogen-bond donors (Lipinski definition) is 1. The number of carbonyl (C=O) groups excluding carboxylic acids is 2. The minimum absolute atomic E-state index is 0.189. The van der Waals surface area contributed by atoms with Crippen LogP contribution in [0.2, 0.25) is 5.02 Å².